The molecule has 0 N–H and O–H groups in total. The lowest BCUT2D eigenvalue weighted by Gasteiger charge is -2.44. The quantitative estimate of drug-likeness (QED) is 0.107. The van der Waals surface area contributed by atoms with Crippen molar-refractivity contribution in [1.29, 1.82) is 15.8 Å². The Bertz CT molecular complexity index is 6190. The van der Waals surface area contributed by atoms with E-state index in [1.807, 2.05) is 176 Å². The summed E-state index contributed by atoms with van der Waals surface area (Å²) in [6.45, 7) is -0.393. The van der Waals surface area contributed by atoms with E-state index in [9.17, 15) is 15.8 Å². The van der Waals surface area contributed by atoms with Gasteiger partial charge >= 0.3 is 0 Å². The first-order valence-electron chi connectivity index (χ1n) is 34.9. The largest absolute Gasteiger partial charge is 0.311 e. The van der Waals surface area contributed by atoms with Crippen LogP contribution in [0.15, 0.2) is 334 Å². The van der Waals surface area contributed by atoms with Crippen LogP contribution in [0.5, 0.6) is 0 Å². The standard InChI is InChI=1S/C93H55BN12/c95-56-59-31-45-81(77(49-59)93-102-90(68-27-15-5-16-28-68)99-91(103-93)69-29-17-6-18-30-69)106-80-48-39-70(52-76(80)75-44-38-71(53-84(75)106)92-100-88(66-23-11-3-12-24-66)98-89(101-92)67-25-13-4-14-26-67)72-54-85-87-86(55-72)105(74-42-36-65(37-43-74)63-21-9-2-10-22-63)83-47-33-61(58-97)51-79(83)94(87)78-50-60(57-96)32-46-82(78)104(85)73-40-34-64(35-41-73)62-19-7-1-8-20-62/h1-55H. The van der Waals surface area contributed by atoms with E-state index in [4.69, 9.17) is 29.9 Å². The highest BCUT2D eigenvalue weighted by atomic mass is 15.2. The summed E-state index contributed by atoms with van der Waals surface area (Å²) in [6.07, 6.45) is 0. The fourth-order valence-electron chi connectivity index (χ4n) is 15.2. The number of anilines is 6. The molecule has 0 amide bonds. The molecule has 17 aromatic rings. The fraction of sp³-hybridized carbons (Fsp3) is 0. The van der Waals surface area contributed by atoms with Crippen LogP contribution in [0.1, 0.15) is 16.7 Å². The molecule has 14 aromatic carbocycles. The lowest BCUT2D eigenvalue weighted by molar-refractivity contribution is 1.06. The molecule has 0 bridgehead atoms. The van der Waals surface area contributed by atoms with E-state index in [0.717, 1.165) is 139 Å². The number of rotatable bonds is 12. The van der Waals surface area contributed by atoms with Gasteiger partial charge in [-0.3, -0.25) is 0 Å². The number of aromatic nitrogens is 7. The monoisotopic (exact) mass is 1350 g/mol. The first kappa shape index (κ1) is 62.1. The lowest BCUT2D eigenvalue weighted by atomic mass is 9.33. The Morgan fingerprint density at radius 2 is 0.604 bits per heavy atom. The van der Waals surface area contributed by atoms with Crippen molar-refractivity contribution in [3.8, 4) is 126 Å². The van der Waals surface area contributed by atoms with Gasteiger partial charge in [-0.1, -0.05) is 224 Å². The van der Waals surface area contributed by atoms with Crippen LogP contribution < -0.4 is 26.2 Å². The fourth-order valence-corrected chi connectivity index (χ4v) is 15.2. The molecule has 3 aromatic heterocycles. The molecule has 5 heterocycles. The molecular weight excluding hydrogens is 1300 g/mol. The SMILES string of the molecule is N#Cc1ccc2c(c1)B1c3cc(C#N)ccc3N(c3ccc(-c4ccccc4)cc3)c3cc(-c4ccc5c(c4)c4ccc(-c6nc(-c7ccccc7)nc(-c7ccccc7)n6)cc4n5-c4ccc(C#N)cc4-c4nc(-c5ccccc5)nc(-c5ccccc5)n4)cc(c31)N2c1ccc(-c2ccccc2)cc1. The molecule has 0 fully saturated rings. The summed E-state index contributed by atoms with van der Waals surface area (Å²) in [5.41, 5.74) is 23.4. The Labute approximate surface area is 611 Å². The third-order valence-electron chi connectivity index (χ3n) is 20.2. The molecule has 12 nitrogen and oxygen atoms in total. The number of benzene rings is 14. The minimum atomic E-state index is -0.393. The molecule has 0 aliphatic carbocycles. The van der Waals surface area contributed by atoms with Crippen molar-refractivity contribution in [2.75, 3.05) is 9.80 Å². The van der Waals surface area contributed by atoms with Crippen LogP contribution >= 0.6 is 0 Å². The smallest absolute Gasteiger partial charge is 0.252 e. The molecule has 0 saturated carbocycles. The first-order chi connectivity index (χ1) is 52.4. The highest BCUT2D eigenvalue weighted by Gasteiger charge is 2.44. The van der Waals surface area contributed by atoms with Crippen LogP contribution in [-0.2, 0) is 0 Å². The maximum absolute atomic E-state index is 10.8. The van der Waals surface area contributed by atoms with E-state index < -0.39 is 6.71 Å². The molecule has 0 atom stereocenters. The second-order valence-corrected chi connectivity index (χ2v) is 26.3. The normalized spacial score (nSPS) is 11.9. The van der Waals surface area contributed by atoms with Gasteiger partial charge in [0.25, 0.3) is 6.71 Å². The van der Waals surface area contributed by atoms with E-state index in [0.29, 0.717) is 57.2 Å². The summed E-state index contributed by atoms with van der Waals surface area (Å²) in [5, 5.41) is 34.2. The van der Waals surface area contributed by atoms with Gasteiger partial charge in [-0.15, -0.1) is 0 Å². The van der Waals surface area contributed by atoms with Crippen molar-refractivity contribution in [3.05, 3.63) is 350 Å². The van der Waals surface area contributed by atoms with Crippen LogP contribution in [0.3, 0.4) is 0 Å². The molecule has 0 saturated heterocycles. The highest BCUT2D eigenvalue weighted by Crippen LogP contribution is 2.48. The Hall–Kier alpha value is -15.0. The molecular formula is C93H55BN12. The van der Waals surface area contributed by atoms with Crippen LogP contribution in [0.2, 0.25) is 0 Å². The Morgan fingerprint density at radius 1 is 0.245 bits per heavy atom. The summed E-state index contributed by atoms with van der Waals surface area (Å²) in [4.78, 5) is 35.9. The van der Waals surface area contributed by atoms with Gasteiger partial charge in [-0.25, -0.2) is 29.9 Å². The topological polar surface area (TPSA) is 160 Å². The van der Waals surface area contributed by atoms with Crippen LogP contribution in [0.25, 0.3) is 129 Å². The van der Waals surface area contributed by atoms with Gasteiger partial charge in [0.2, 0.25) is 0 Å². The molecule has 0 unspecified atom stereocenters. The number of hydrogen-bond acceptors (Lipinski definition) is 11. The third-order valence-corrected chi connectivity index (χ3v) is 20.2. The molecule has 19 rings (SSSR count). The zero-order valence-corrected chi connectivity index (χ0v) is 56.7. The zero-order valence-electron chi connectivity index (χ0n) is 56.7. The van der Waals surface area contributed by atoms with E-state index >= 15 is 0 Å². The molecule has 106 heavy (non-hydrogen) atoms. The Morgan fingerprint density at radius 3 is 1.03 bits per heavy atom. The lowest BCUT2D eigenvalue weighted by Crippen LogP contribution is -2.61. The average molecular weight is 1350 g/mol. The van der Waals surface area contributed by atoms with Gasteiger partial charge in [-0.2, -0.15) is 15.8 Å². The van der Waals surface area contributed by atoms with Crippen molar-refractivity contribution >= 4 is 79.0 Å². The number of fused-ring (bicyclic) bond motifs is 7. The predicted molar refractivity (Wildman–Crippen MR) is 425 cm³/mol. The van der Waals surface area contributed by atoms with Crippen LogP contribution in [-0.4, -0.2) is 41.2 Å². The molecule has 2 aliphatic rings. The number of nitrogens with zero attached hydrogens (tertiary/aromatic N) is 12. The maximum atomic E-state index is 10.8. The third kappa shape index (κ3) is 10.9. The van der Waals surface area contributed by atoms with Crippen molar-refractivity contribution < 1.29 is 0 Å². The first-order valence-corrected chi connectivity index (χ1v) is 34.9. The van der Waals surface area contributed by atoms with Gasteiger partial charge in [0.1, 0.15) is 0 Å². The van der Waals surface area contributed by atoms with Gasteiger partial charge in [0.15, 0.2) is 34.9 Å². The second-order valence-electron chi connectivity index (χ2n) is 26.3. The molecule has 0 radical (unpaired) electrons. The molecule has 2 aliphatic heterocycles. The van der Waals surface area contributed by atoms with Gasteiger partial charge in [0, 0.05) is 78.3 Å². The number of nitriles is 3. The second kappa shape index (κ2) is 25.9. The van der Waals surface area contributed by atoms with Crippen molar-refractivity contribution in [1.82, 2.24) is 34.5 Å². The Balaban J connectivity index is 0.874. The average Bonchev–Trinajstić information content (AvgIpc) is 0.746. The summed E-state index contributed by atoms with van der Waals surface area (Å²) < 4.78 is 2.25. The van der Waals surface area contributed by atoms with Crippen molar-refractivity contribution in [3.63, 3.8) is 0 Å². The van der Waals surface area contributed by atoms with Gasteiger partial charge < -0.3 is 14.4 Å². The zero-order chi connectivity index (χ0) is 70.8. The number of hydrogen-bond donors (Lipinski definition) is 0. The summed E-state index contributed by atoms with van der Waals surface area (Å²) >= 11 is 0. The van der Waals surface area contributed by atoms with E-state index in [1.165, 1.54) is 0 Å². The highest BCUT2D eigenvalue weighted by molar-refractivity contribution is 7.00. The minimum Gasteiger partial charge on any atom is -0.311 e. The molecule has 13 heteroatoms. The van der Waals surface area contributed by atoms with Crippen LogP contribution in [0.4, 0.5) is 34.1 Å². The van der Waals surface area contributed by atoms with Gasteiger partial charge in [0.05, 0.1) is 51.6 Å². The van der Waals surface area contributed by atoms with Gasteiger partial charge in [-0.05, 0) is 159 Å². The van der Waals surface area contributed by atoms with Crippen molar-refractivity contribution in [2.45, 2.75) is 0 Å². The minimum absolute atomic E-state index is 0.385. The van der Waals surface area contributed by atoms with E-state index in [-0.39, 0.29) is 0 Å². The summed E-state index contributed by atoms with van der Waals surface area (Å²) in [7, 11) is 0. The van der Waals surface area contributed by atoms with E-state index in [2.05, 4.69) is 190 Å². The maximum Gasteiger partial charge on any atom is 0.252 e. The summed E-state index contributed by atoms with van der Waals surface area (Å²) in [5.74, 6) is 2.91. The van der Waals surface area contributed by atoms with Crippen LogP contribution in [0, 0.1) is 34.0 Å². The predicted octanol–water partition coefficient (Wildman–Crippen LogP) is 19.9. The van der Waals surface area contributed by atoms with Crippen molar-refractivity contribution in [2.24, 2.45) is 0 Å². The summed E-state index contributed by atoms with van der Waals surface area (Å²) in [6, 6.07) is 121. The Kier molecular flexibility index (Phi) is 15.2. The van der Waals surface area contributed by atoms with E-state index in [1.54, 1.807) is 0 Å². The molecule has 490 valence electrons. The molecule has 0 spiro atoms.